The lowest BCUT2D eigenvalue weighted by atomic mass is 10.1. The molecule has 0 saturated carbocycles. The molecule has 0 saturated heterocycles. The molecule has 1 amide bonds. The van der Waals surface area contributed by atoms with Gasteiger partial charge in [-0.3, -0.25) is 4.79 Å². The van der Waals surface area contributed by atoms with E-state index in [1.165, 1.54) is 0 Å². The monoisotopic (exact) mass is 546 g/mol. The second-order valence-electron chi connectivity index (χ2n) is 8.03. The Bertz CT molecular complexity index is 1480. The number of hydrogen-bond acceptors (Lipinski definition) is 6. The number of hydrogen-bond donors (Lipinski definition) is 2. The SMILES string of the molecule is Cn1c(C(=O)Nc2ccc(Br)cc2-c2nn[nH]n2)cc2cccc(OCCCOc3ccccc3)c21. The van der Waals surface area contributed by atoms with Gasteiger partial charge in [0.25, 0.3) is 5.91 Å². The number of rotatable bonds is 9. The van der Waals surface area contributed by atoms with E-state index in [1.807, 2.05) is 78.3 Å². The molecule has 2 heterocycles. The zero-order valence-corrected chi connectivity index (χ0v) is 21.0. The average molecular weight is 547 g/mol. The molecule has 182 valence electrons. The largest absolute Gasteiger partial charge is 0.493 e. The van der Waals surface area contributed by atoms with Gasteiger partial charge in [0.05, 0.1) is 24.4 Å². The minimum Gasteiger partial charge on any atom is -0.493 e. The molecule has 5 aromatic rings. The van der Waals surface area contributed by atoms with Crippen LogP contribution in [0.5, 0.6) is 11.5 Å². The van der Waals surface area contributed by atoms with Crippen molar-refractivity contribution in [3.05, 3.63) is 83.0 Å². The van der Waals surface area contributed by atoms with Gasteiger partial charge in [0.2, 0.25) is 5.82 Å². The molecule has 0 spiro atoms. The summed E-state index contributed by atoms with van der Waals surface area (Å²) in [5.41, 5.74) is 2.56. The third-order valence-electron chi connectivity index (χ3n) is 5.63. The number of fused-ring (bicyclic) bond motifs is 1. The molecule has 0 aliphatic rings. The third-order valence-corrected chi connectivity index (χ3v) is 6.12. The highest BCUT2D eigenvalue weighted by Crippen LogP contribution is 2.31. The highest BCUT2D eigenvalue weighted by Gasteiger charge is 2.19. The van der Waals surface area contributed by atoms with Crippen molar-refractivity contribution in [3.8, 4) is 22.9 Å². The standard InChI is InChI=1S/C26H23BrN6O3/c1-33-22(26(34)28-21-12-11-18(27)16-20(21)25-29-31-32-30-25)15-17-7-5-10-23(24(17)33)36-14-6-13-35-19-8-3-2-4-9-19/h2-5,7-12,15-16H,6,13-14H2,1H3,(H,28,34)(H,29,30,31,32). The molecule has 9 nitrogen and oxygen atoms in total. The first-order chi connectivity index (χ1) is 17.6. The number of aromatic amines is 1. The van der Waals surface area contributed by atoms with Crippen LogP contribution in [0.4, 0.5) is 5.69 Å². The molecule has 0 radical (unpaired) electrons. The van der Waals surface area contributed by atoms with Crippen molar-refractivity contribution in [1.29, 1.82) is 0 Å². The van der Waals surface area contributed by atoms with E-state index in [1.54, 1.807) is 6.07 Å². The quantitative estimate of drug-likeness (QED) is 0.245. The van der Waals surface area contributed by atoms with Crippen LogP contribution in [0.15, 0.2) is 77.3 Å². The van der Waals surface area contributed by atoms with E-state index in [0.29, 0.717) is 41.7 Å². The lowest BCUT2D eigenvalue weighted by Gasteiger charge is -2.12. The number of tetrazole rings is 1. The van der Waals surface area contributed by atoms with Crippen molar-refractivity contribution in [2.24, 2.45) is 7.05 Å². The summed E-state index contributed by atoms with van der Waals surface area (Å²) in [5.74, 6) is 1.68. The van der Waals surface area contributed by atoms with Gasteiger partial charge in [-0.2, -0.15) is 5.21 Å². The van der Waals surface area contributed by atoms with Crippen molar-refractivity contribution < 1.29 is 14.3 Å². The maximum absolute atomic E-state index is 13.3. The summed E-state index contributed by atoms with van der Waals surface area (Å²) in [7, 11) is 1.85. The summed E-state index contributed by atoms with van der Waals surface area (Å²) in [4.78, 5) is 13.3. The summed E-state index contributed by atoms with van der Waals surface area (Å²) in [5, 5.41) is 18.0. The van der Waals surface area contributed by atoms with Crippen LogP contribution in [-0.4, -0.2) is 44.3 Å². The van der Waals surface area contributed by atoms with Gasteiger partial charge in [-0.05, 0) is 47.7 Å². The lowest BCUT2D eigenvalue weighted by molar-refractivity contribution is 0.102. The third kappa shape index (κ3) is 5.08. The number of amides is 1. The Balaban J connectivity index is 1.31. The smallest absolute Gasteiger partial charge is 0.272 e. The molecule has 5 rings (SSSR count). The van der Waals surface area contributed by atoms with Gasteiger partial charge in [-0.1, -0.05) is 46.3 Å². The van der Waals surface area contributed by atoms with Gasteiger partial charge in [0.15, 0.2) is 0 Å². The van der Waals surface area contributed by atoms with Crippen LogP contribution in [0.1, 0.15) is 16.9 Å². The topological polar surface area (TPSA) is 107 Å². The molecule has 0 atom stereocenters. The molecule has 3 aromatic carbocycles. The van der Waals surface area contributed by atoms with Gasteiger partial charge < -0.3 is 19.4 Å². The number of benzene rings is 3. The fourth-order valence-corrected chi connectivity index (χ4v) is 4.30. The van der Waals surface area contributed by atoms with Crippen molar-refractivity contribution in [1.82, 2.24) is 25.2 Å². The second-order valence-corrected chi connectivity index (χ2v) is 8.94. The molecule has 10 heteroatoms. The first-order valence-electron chi connectivity index (χ1n) is 11.3. The normalized spacial score (nSPS) is 10.9. The maximum Gasteiger partial charge on any atom is 0.272 e. The Morgan fingerprint density at radius 3 is 2.67 bits per heavy atom. The summed E-state index contributed by atoms with van der Waals surface area (Å²) in [6, 6.07) is 22.8. The summed E-state index contributed by atoms with van der Waals surface area (Å²) < 4.78 is 14.5. The summed E-state index contributed by atoms with van der Waals surface area (Å²) >= 11 is 3.45. The van der Waals surface area contributed by atoms with E-state index in [4.69, 9.17) is 9.47 Å². The Hall–Kier alpha value is -4.18. The molecular weight excluding hydrogens is 524 g/mol. The Morgan fingerprint density at radius 1 is 1.03 bits per heavy atom. The minimum absolute atomic E-state index is 0.261. The van der Waals surface area contributed by atoms with Crippen molar-refractivity contribution in [2.45, 2.75) is 6.42 Å². The number of nitrogens with zero attached hydrogens (tertiary/aromatic N) is 4. The van der Waals surface area contributed by atoms with E-state index in [0.717, 1.165) is 27.5 Å². The van der Waals surface area contributed by atoms with Crippen LogP contribution in [0, 0.1) is 0 Å². The molecule has 0 unspecified atom stereocenters. The van der Waals surface area contributed by atoms with Crippen LogP contribution in [0.3, 0.4) is 0 Å². The molecule has 2 N–H and O–H groups in total. The zero-order valence-electron chi connectivity index (χ0n) is 19.4. The molecular formula is C26H23BrN6O3. The number of ether oxygens (including phenoxy) is 2. The highest BCUT2D eigenvalue weighted by molar-refractivity contribution is 9.10. The second kappa shape index (κ2) is 10.6. The lowest BCUT2D eigenvalue weighted by Crippen LogP contribution is -2.16. The van der Waals surface area contributed by atoms with E-state index in [2.05, 4.69) is 41.9 Å². The number of halogens is 1. The summed E-state index contributed by atoms with van der Waals surface area (Å²) in [6.07, 6.45) is 0.728. The predicted octanol–water partition coefficient (Wildman–Crippen LogP) is 5.22. The molecule has 36 heavy (non-hydrogen) atoms. The molecule has 0 aliphatic carbocycles. The minimum atomic E-state index is -0.261. The fraction of sp³-hybridized carbons (Fsp3) is 0.154. The molecule has 0 fully saturated rings. The van der Waals surface area contributed by atoms with Gasteiger partial charge in [0, 0.05) is 28.9 Å². The van der Waals surface area contributed by atoms with Gasteiger partial charge in [-0.15, -0.1) is 10.2 Å². The van der Waals surface area contributed by atoms with Crippen molar-refractivity contribution >= 4 is 38.4 Å². The van der Waals surface area contributed by atoms with Crippen molar-refractivity contribution in [2.75, 3.05) is 18.5 Å². The number of carbonyl (C=O) groups excluding carboxylic acids is 1. The van der Waals surface area contributed by atoms with Crippen LogP contribution in [0.25, 0.3) is 22.3 Å². The Kier molecular flexibility index (Phi) is 6.94. The van der Waals surface area contributed by atoms with Gasteiger partial charge >= 0.3 is 0 Å². The molecule has 2 aromatic heterocycles. The average Bonchev–Trinajstić information content (AvgIpc) is 3.54. The maximum atomic E-state index is 13.3. The van der Waals surface area contributed by atoms with Gasteiger partial charge in [-0.25, -0.2) is 0 Å². The summed E-state index contributed by atoms with van der Waals surface area (Å²) in [6.45, 7) is 1.04. The number of carbonyl (C=O) groups is 1. The Morgan fingerprint density at radius 2 is 1.86 bits per heavy atom. The highest BCUT2D eigenvalue weighted by atomic mass is 79.9. The number of para-hydroxylation sites is 2. The number of H-pyrrole nitrogens is 1. The predicted molar refractivity (Wildman–Crippen MR) is 140 cm³/mol. The van der Waals surface area contributed by atoms with E-state index < -0.39 is 0 Å². The zero-order chi connectivity index (χ0) is 24.9. The number of anilines is 1. The first-order valence-corrected chi connectivity index (χ1v) is 12.1. The number of nitrogens with one attached hydrogen (secondary N) is 2. The van der Waals surface area contributed by atoms with E-state index in [9.17, 15) is 4.79 Å². The van der Waals surface area contributed by atoms with Crippen LogP contribution in [-0.2, 0) is 7.05 Å². The number of aryl methyl sites for hydroxylation is 1. The van der Waals surface area contributed by atoms with Crippen molar-refractivity contribution in [3.63, 3.8) is 0 Å². The van der Waals surface area contributed by atoms with E-state index >= 15 is 0 Å². The van der Waals surface area contributed by atoms with Crippen LogP contribution >= 0.6 is 15.9 Å². The fourth-order valence-electron chi connectivity index (χ4n) is 3.93. The molecule has 0 bridgehead atoms. The first kappa shape index (κ1) is 23.6. The Labute approximate surface area is 215 Å². The van der Waals surface area contributed by atoms with Crippen LogP contribution in [0.2, 0.25) is 0 Å². The number of aromatic nitrogens is 5. The van der Waals surface area contributed by atoms with Crippen LogP contribution < -0.4 is 14.8 Å². The van der Waals surface area contributed by atoms with Gasteiger partial charge in [0.1, 0.15) is 17.2 Å². The van der Waals surface area contributed by atoms with E-state index in [-0.39, 0.29) is 5.91 Å². The molecule has 0 aliphatic heterocycles.